The highest BCUT2D eigenvalue weighted by Gasteiger charge is 2.35. The Morgan fingerprint density at radius 1 is 1.28 bits per heavy atom. The number of Topliss-reactive ketones (excluding diaryl/α,β-unsaturated/α-hetero) is 1. The summed E-state index contributed by atoms with van der Waals surface area (Å²) in [6.45, 7) is 5.28. The number of benzene rings is 1. The number of carbonyl (C=O) groups is 1. The molecule has 0 radical (unpaired) electrons. The summed E-state index contributed by atoms with van der Waals surface area (Å²) in [7, 11) is 0. The molecule has 0 aliphatic carbocycles. The molecule has 3 saturated heterocycles. The lowest BCUT2D eigenvalue weighted by Gasteiger charge is -2.46. The molecule has 3 heterocycles. The summed E-state index contributed by atoms with van der Waals surface area (Å²) >= 11 is 3.45. The fraction of sp³-hybridized carbons (Fsp3) is 0.500. The van der Waals surface area contributed by atoms with Crippen molar-refractivity contribution in [3.05, 3.63) is 34.3 Å². The van der Waals surface area contributed by atoms with E-state index in [9.17, 15) is 4.79 Å². The van der Waals surface area contributed by atoms with Gasteiger partial charge in [0, 0.05) is 43.6 Å². The molecule has 3 fully saturated rings. The number of halogens is 1. The highest BCUT2D eigenvalue weighted by atomic mass is 79.9. The summed E-state index contributed by atoms with van der Waals surface area (Å²) in [5, 5.41) is 0. The quantitative estimate of drug-likeness (QED) is 0.847. The van der Waals surface area contributed by atoms with Gasteiger partial charge in [-0.1, -0.05) is 28.1 Å². The molecule has 1 aromatic carbocycles. The summed E-state index contributed by atoms with van der Waals surface area (Å²) in [5.74, 6) is 0.359. The predicted molar refractivity (Wildman–Crippen MR) is 74.7 cm³/mol. The smallest absolute Gasteiger partial charge is 0.155 e. The third-order valence-corrected chi connectivity index (χ3v) is 4.41. The van der Waals surface area contributed by atoms with Crippen molar-refractivity contribution >= 4 is 21.7 Å². The molecule has 18 heavy (non-hydrogen) atoms. The fourth-order valence-corrected chi connectivity index (χ4v) is 3.34. The zero-order chi connectivity index (χ0) is 12.5. The summed E-state index contributed by atoms with van der Waals surface area (Å²) in [6.07, 6.45) is 0.550. The molecule has 0 aromatic heterocycles. The molecule has 4 rings (SSSR count). The number of hydrogen-bond donors (Lipinski definition) is 0. The van der Waals surface area contributed by atoms with Crippen LogP contribution in [0.15, 0.2) is 28.7 Å². The van der Waals surface area contributed by atoms with Crippen LogP contribution in [0, 0.1) is 0 Å². The Morgan fingerprint density at radius 2 is 2.06 bits per heavy atom. The maximum Gasteiger partial charge on any atom is 0.155 e. The summed E-state index contributed by atoms with van der Waals surface area (Å²) in [5.41, 5.74) is 1.10. The Kier molecular flexibility index (Phi) is 3.50. The molecule has 1 aromatic rings. The standard InChI is InChI=1S/C14H17BrN2O/c15-12-3-1-2-11(8-12)9-14(18)13-10-16-4-6-17(13)7-5-16/h1-3,8,13H,4-7,9-10H2. The second-order valence-corrected chi connectivity index (χ2v) is 6.04. The highest BCUT2D eigenvalue weighted by molar-refractivity contribution is 9.10. The third-order valence-electron chi connectivity index (χ3n) is 3.92. The van der Waals surface area contributed by atoms with Crippen molar-refractivity contribution in [2.24, 2.45) is 0 Å². The summed E-state index contributed by atoms with van der Waals surface area (Å²) < 4.78 is 1.04. The molecule has 0 amide bonds. The van der Waals surface area contributed by atoms with Gasteiger partial charge in [0.15, 0.2) is 5.78 Å². The fourth-order valence-electron chi connectivity index (χ4n) is 2.89. The van der Waals surface area contributed by atoms with Gasteiger partial charge in [-0.2, -0.15) is 0 Å². The molecule has 96 valence electrons. The van der Waals surface area contributed by atoms with E-state index in [0.717, 1.165) is 42.8 Å². The lowest BCUT2D eigenvalue weighted by atomic mass is 9.98. The lowest BCUT2D eigenvalue weighted by molar-refractivity contribution is -0.128. The normalized spacial score (nSPS) is 30.4. The highest BCUT2D eigenvalue weighted by Crippen LogP contribution is 2.19. The maximum absolute atomic E-state index is 12.4. The van der Waals surface area contributed by atoms with Gasteiger partial charge >= 0.3 is 0 Å². The van der Waals surface area contributed by atoms with Gasteiger partial charge in [0.2, 0.25) is 0 Å². The van der Waals surface area contributed by atoms with E-state index in [2.05, 4.69) is 25.7 Å². The first kappa shape index (κ1) is 12.3. The molecule has 0 N–H and O–H groups in total. The minimum atomic E-state index is 0.117. The van der Waals surface area contributed by atoms with Gasteiger partial charge in [-0.05, 0) is 17.7 Å². The number of nitrogens with zero attached hydrogens (tertiary/aromatic N) is 2. The third kappa shape index (κ3) is 2.51. The van der Waals surface area contributed by atoms with Crippen LogP contribution in [0.5, 0.6) is 0 Å². The van der Waals surface area contributed by atoms with E-state index in [1.54, 1.807) is 0 Å². The monoisotopic (exact) mass is 308 g/mol. The van der Waals surface area contributed by atoms with Gasteiger partial charge in [0.1, 0.15) is 0 Å². The zero-order valence-corrected chi connectivity index (χ0v) is 11.9. The Bertz CT molecular complexity index is 455. The average Bonchev–Trinajstić information content (AvgIpc) is 2.40. The molecule has 2 bridgehead atoms. The van der Waals surface area contributed by atoms with E-state index in [1.165, 1.54) is 0 Å². The largest absolute Gasteiger partial charge is 0.299 e. The Balaban J connectivity index is 1.68. The molecule has 1 atom stereocenters. The van der Waals surface area contributed by atoms with Crippen molar-refractivity contribution < 1.29 is 4.79 Å². The van der Waals surface area contributed by atoms with Gasteiger partial charge in [-0.15, -0.1) is 0 Å². The molecule has 1 unspecified atom stereocenters. The molecular formula is C14H17BrN2O. The topological polar surface area (TPSA) is 23.6 Å². The number of piperazine rings is 3. The van der Waals surface area contributed by atoms with Crippen molar-refractivity contribution in [1.82, 2.24) is 9.80 Å². The summed E-state index contributed by atoms with van der Waals surface area (Å²) in [4.78, 5) is 17.1. The number of hydrogen-bond acceptors (Lipinski definition) is 3. The van der Waals surface area contributed by atoms with Crippen LogP contribution < -0.4 is 0 Å². The van der Waals surface area contributed by atoms with Crippen LogP contribution in [0.1, 0.15) is 5.56 Å². The van der Waals surface area contributed by atoms with Gasteiger partial charge in [0.25, 0.3) is 0 Å². The minimum Gasteiger partial charge on any atom is -0.299 e. The second kappa shape index (κ2) is 5.11. The van der Waals surface area contributed by atoms with Crippen LogP contribution in [0.4, 0.5) is 0 Å². The lowest BCUT2D eigenvalue weighted by Crippen LogP contribution is -2.63. The molecule has 0 saturated carbocycles. The van der Waals surface area contributed by atoms with Crippen molar-refractivity contribution in [3.63, 3.8) is 0 Å². The number of ketones is 1. The Hall–Kier alpha value is -0.710. The SMILES string of the molecule is O=C(Cc1cccc(Br)c1)C1CN2CCN1CC2. The van der Waals surface area contributed by atoms with Crippen LogP contribution in [0.3, 0.4) is 0 Å². The van der Waals surface area contributed by atoms with Crippen molar-refractivity contribution in [3.8, 4) is 0 Å². The van der Waals surface area contributed by atoms with E-state index >= 15 is 0 Å². The van der Waals surface area contributed by atoms with E-state index in [0.29, 0.717) is 12.2 Å². The number of fused-ring (bicyclic) bond motifs is 3. The first-order valence-corrected chi connectivity index (χ1v) is 7.25. The number of carbonyl (C=O) groups excluding carboxylic acids is 1. The first-order valence-electron chi connectivity index (χ1n) is 6.46. The van der Waals surface area contributed by atoms with Crippen LogP contribution in [0.2, 0.25) is 0 Å². The summed E-state index contributed by atoms with van der Waals surface area (Å²) in [6, 6.07) is 8.16. The van der Waals surface area contributed by atoms with Crippen LogP contribution >= 0.6 is 15.9 Å². The van der Waals surface area contributed by atoms with Crippen molar-refractivity contribution in [2.75, 3.05) is 32.7 Å². The van der Waals surface area contributed by atoms with Crippen LogP contribution in [0.25, 0.3) is 0 Å². The van der Waals surface area contributed by atoms with Crippen molar-refractivity contribution in [1.29, 1.82) is 0 Å². The average molecular weight is 309 g/mol. The molecule has 3 nitrogen and oxygen atoms in total. The van der Waals surface area contributed by atoms with E-state index in [4.69, 9.17) is 0 Å². The second-order valence-electron chi connectivity index (χ2n) is 5.13. The molecule has 4 heteroatoms. The molecular weight excluding hydrogens is 292 g/mol. The predicted octanol–water partition coefficient (Wildman–Crippen LogP) is 1.56. The Labute approximate surface area is 116 Å². The Morgan fingerprint density at radius 3 is 2.67 bits per heavy atom. The minimum absolute atomic E-state index is 0.117. The van der Waals surface area contributed by atoms with Gasteiger partial charge in [-0.3, -0.25) is 14.6 Å². The van der Waals surface area contributed by atoms with E-state index < -0.39 is 0 Å². The zero-order valence-electron chi connectivity index (χ0n) is 10.3. The first-order chi connectivity index (χ1) is 8.72. The van der Waals surface area contributed by atoms with Gasteiger partial charge in [0.05, 0.1) is 6.04 Å². The van der Waals surface area contributed by atoms with Crippen molar-refractivity contribution in [2.45, 2.75) is 12.5 Å². The molecule has 3 aliphatic heterocycles. The number of rotatable bonds is 3. The van der Waals surface area contributed by atoms with Crippen LogP contribution in [-0.2, 0) is 11.2 Å². The maximum atomic E-state index is 12.4. The van der Waals surface area contributed by atoms with Gasteiger partial charge in [-0.25, -0.2) is 0 Å². The molecule has 0 spiro atoms. The van der Waals surface area contributed by atoms with Crippen LogP contribution in [-0.4, -0.2) is 54.3 Å². The van der Waals surface area contributed by atoms with E-state index in [-0.39, 0.29) is 6.04 Å². The molecule has 3 aliphatic rings. The van der Waals surface area contributed by atoms with Gasteiger partial charge < -0.3 is 0 Å². The van der Waals surface area contributed by atoms with E-state index in [1.807, 2.05) is 24.3 Å².